The number of nitrogens with one attached hydrogen (secondary N) is 2. The number of likely N-dealkylation sites (tertiary alicyclic amines) is 2. The van der Waals surface area contributed by atoms with E-state index in [0.29, 0.717) is 49.9 Å². The molecule has 1 aromatic carbocycles. The minimum Gasteiger partial charge on any atom is -0.334 e. The Bertz CT molecular complexity index is 1380. The lowest BCUT2D eigenvalue weighted by atomic mass is 9.93. The zero-order chi connectivity index (χ0) is 27.7. The first-order valence-electron chi connectivity index (χ1n) is 12.9. The van der Waals surface area contributed by atoms with Crippen molar-refractivity contribution < 1.29 is 26.7 Å². The Labute approximate surface area is 220 Å². The maximum absolute atomic E-state index is 14.5. The number of H-pyrrole nitrogens is 1. The van der Waals surface area contributed by atoms with Crippen LogP contribution in [0.3, 0.4) is 0 Å². The van der Waals surface area contributed by atoms with Gasteiger partial charge < -0.3 is 10.2 Å². The molecule has 2 amide bonds. The molecule has 0 radical (unpaired) electrons. The molecule has 0 unspecified atom stereocenters. The molecular formula is C26H29F5N6O2. The van der Waals surface area contributed by atoms with E-state index in [1.165, 1.54) is 12.1 Å². The monoisotopic (exact) mass is 552 g/mol. The molecule has 0 bridgehead atoms. The van der Waals surface area contributed by atoms with E-state index in [0.717, 1.165) is 11.0 Å². The van der Waals surface area contributed by atoms with Crippen molar-refractivity contribution in [3.8, 4) is 0 Å². The van der Waals surface area contributed by atoms with E-state index in [2.05, 4.69) is 15.3 Å². The number of benzene rings is 1. The second kappa shape index (κ2) is 10.9. The molecule has 3 aromatic rings. The zero-order valence-corrected chi connectivity index (χ0v) is 21.1. The molecule has 2 aliphatic heterocycles. The molecule has 2 atom stereocenters. The van der Waals surface area contributed by atoms with Crippen molar-refractivity contribution in [1.29, 1.82) is 0 Å². The van der Waals surface area contributed by atoms with Gasteiger partial charge in [0.05, 0.1) is 12.1 Å². The number of carbonyl (C=O) groups is 1. The van der Waals surface area contributed by atoms with Crippen LogP contribution < -0.4 is 11.0 Å². The van der Waals surface area contributed by atoms with Crippen LogP contribution in [0.15, 0.2) is 41.3 Å². The van der Waals surface area contributed by atoms with Crippen LogP contribution >= 0.6 is 0 Å². The molecule has 4 heterocycles. The first kappa shape index (κ1) is 27.1. The number of aromatic nitrogens is 3. The fraction of sp³-hybridized carbons (Fsp3) is 0.500. The third kappa shape index (κ3) is 6.07. The van der Waals surface area contributed by atoms with Gasteiger partial charge in [-0.2, -0.15) is 13.2 Å². The van der Waals surface area contributed by atoms with Crippen LogP contribution in [0.2, 0.25) is 0 Å². The third-order valence-corrected chi connectivity index (χ3v) is 7.58. The molecule has 0 aliphatic carbocycles. The van der Waals surface area contributed by atoms with Gasteiger partial charge in [-0.1, -0.05) is 12.1 Å². The number of pyridine rings is 1. The van der Waals surface area contributed by atoms with Crippen LogP contribution in [-0.4, -0.2) is 75.3 Å². The number of rotatable bonds is 4. The maximum atomic E-state index is 14.5. The van der Waals surface area contributed by atoms with E-state index in [1.807, 2.05) is 0 Å². The molecule has 13 heteroatoms. The topological polar surface area (TPSA) is 86.3 Å². The Balaban J connectivity index is 1.24. The van der Waals surface area contributed by atoms with Crippen molar-refractivity contribution in [1.82, 2.24) is 29.7 Å². The molecule has 0 spiro atoms. The first-order chi connectivity index (χ1) is 18.6. The van der Waals surface area contributed by atoms with Crippen LogP contribution in [0.25, 0.3) is 11.2 Å². The number of hydrogen-bond acceptors (Lipinski definition) is 4. The molecule has 210 valence electrons. The normalized spacial score (nSPS) is 21.7. The maximum Gasteiger partial charge on any atom is 0.401 e. The summed E-state index contributed by atoms with van der Waals surface area (Å²) in [6.07, 6.45) is -1.23. The Morgan fingerprint density at radius 1 is 1.05 bits per heavy atom. The fourth-order valence-electron chi connectivity index (χ4n) is 5.79. The van der Waals surface area contributed by atoms with Gasteiger partial charge in [0, 0.05) is 44.5 Å². The quantitative estimate of drug-likeness (QED) is 0.476. The number of imidazole rings is 1. The summed E-state index contributed by atoms with van der Waals surface area (Å²) in [4.78, 5) is 35.2. The summed E-state index contributed by atoms with van der Waals surface area (Å²) in [7, 11) is 0. The number of nitrogens with zero attached hydrogens (tertiary/aromatic N) is 4. The Morgan fingerprint density at radius 2 is 1.82 bits per heavy atom. The van der Waals surface area contributed by atoms with E-state index in [4.69, 9.17) is 0 Å². The van der Waals surface area contributed by atoms with Crippen LogP contribution in [-0.2, 0) is 0 Å². The molecule has 5 rings (SSSR count). The molecule has 0 saturated carbocycles. The van der Waals surface area contributed by atoms with Crippen LogP contribution in [0.4, 0.5) is 26.7 Å². The predicted molar refractivity (Wildman–Crippen MR) is 133 cm³/mol. The summed E-state index contributed by atoms with van der Waals surface area (Å²) >= 11 is 0. The van der Waals surface area contributed by atoms with Gasteiger partial charge in [0.25, 0.3) is 0 Å². The van der Waals surface area contributed by atoms with E-state index in [1.54, 1.807) is 27.8 Å². The van der Waals surface area contributed by atoms with Crippen molar-refractivity contribution in [2.75, 3.05) is 32.7 Å². The summed E-state index contributed by atoms with van der Waals surface area (Å²) in [5.41, 5.74) is 0.965. The summed E-state index contributed by atoms with van der Waals surface area (Å²) in [5.74, 6) is -2.74. The van der Waals surface area contributed by atoms with Gasteiger partial charge in [0.15, 0.2) is 17.3 Å². The minimum atomic E-state index is -4.48. The molecule has 2 aliphatic rings. The molecule has 8 nitrogen and oxygen atoms in total. The zero-order valence-electron chi connectivity index (χ0n) is 21.1. The Kier molecular flexibility index (Phi) is 7.61. The minimum absolute atomic E-state index is 0.0407. The van der Waals surface area contributed by atoms with Crippen molar-refractivity contribution in [2.45, 2.75) is 49.9 Å². The number of carbonyl (C=O) groups excluding carboxylic acids is 1. The molecule has 2 saturated heterocycles. The highest BCUT2D eigenvalue weighted by molar-refractivity contribution is 5.74. The smallest absolute Gasteiger partial charge is 0.334 e. The van der Waals surface area contributed by atoms with Gasteiger partial charge >= 0.3 is 17.9 Å². The summed E-state index contributed by atoms with van der Waals surface area (Å²) in [6, 6.07) is 6.15. The van der Waals surface area contributed by atoms with Crippen LogP contribution in [0.1, 0.15) is 43.2 Å². The standard InChI is InChI=1S/C26H29F5N6O2/c27-20-4-1-3-19(22(20)28)16-6-7-17(14-35(13-16)15-26(29,30)31)33-24(38)36-11-8-18(9-12-36)37-21-5-2-10-32-23(21)34-25(37)39/h1-5,10,16-18H,6-9,11-15H2,(H,33,38)(H,32,34,39)/t16-,17-/m1/s1. The second-order valence-corrected chi connectivity index (χ2v) is 10.3. The number of piperidine rings is 1. The number of alkyl halides is 3. The van der Waals surface area contributed by atoms with Gasteiger partial charge in [0.1, 0.15) is 0 Å². The van der Waals surface area contributed by atoms with Gasteiger partial charge in [-0.3, -0.25) is 14.5 Å². The summed E-state index contributed by atoms with van der Waals surface area (Å²) in [5, 5.41) is 2.86. The number of fused-ring (bicyclic) bond motifs is 1. The average Bonchev–Trinajstić information content (AvgIpc) is 3.10. The molecule has 2 aromatic heterocycles. The highest BCUT2D eigenvalue weighted by Gasteiger charge is 2.36. The molecule has 2 N–H and O–H groups in total. The molecule has 39 heavy (non-hydrogen) atoms. The van der Waals surface area contributed by atoms with Gasteiger partial charge in [-0.05, 0) is 55.4 Å². The highest BCUT2D eigenvalue weighted by atomic mass is 19.4. The van der Waals surface area contributed by atoms with E-state index in [-0.39, 0.29) is 30.4 Å². The highest BCUT2D eigenvalue weighted by Crippen LogP contribution is 2.31. The lowest BCUT2D eigenvalue weighted by Crippen LogP contribution is -2.51. The van der Waals surface area contributed by atoms with E-state index in [9.17, 15) is 31.5 Å². The van der Waals surface area contributed by atoms with E-state index >= 15 is 0 Å². The Morgan fingerprint density at radius 3 is 2.56 bits per heavy atom. The molecule has 2 fully saturated rings. The summed E-state index contributed by atoms with van der Waals surface area (Å²) in [6.45, 7) is -0.650. The van der Waals surface area contributed by atoms with E-state index < -0.39 is 42.3 Å². The van der Waals surface area contributed by atoms with Gasteiger partial charge in [-0.15, -0.1) is 0 Å². The largest absolute Gasteiger partial charge is 0.401 e. The number of amides is 2. The van der Waals surface area contributed by atoms with Crippen molar-refractivity contribution in [3.05, 3.63) is 64.2 Å². The SMILES string of the molecule is O=C(N[C@@H]1CC[C@@H](c2cccc(F)c2F)CN(CC(F)(F)F)C1)N1CCC(n2c(=O)[nH]c3ncccc32)CC1. The average molecular weight is 553 g/mol. The van der Waals surface area contributed by atoms with Crippen molar-refractivity contribution in [2.24, 2.45) is 0 Å². The van der Waals surface area contributed by atoms with Gasteiger partial charge in [-0.25, -0.2) is 23.4 Å². The second-order valence-electron chi connectivity index (χ2n) is 10.3. The number of aromatic amines is 1. The Hall–Kier alpha value is -3.48. The number of urea groups is 1. The lowest BCUT2D eigenvalue weighted by Gasteiger charge is -2.34. The number of halogens is 5. The molecular weight excluding hydrogens is 523 g/mol. The van der Waals surface area contributed by atoms with Crippen molar-refractivity contribution >= 4 is 17.2 Å². The lowest BCUT2D eigenvalue weighted by molar-refractivity contribution is -0.146. The number of hydrogen-bond donors (Lipinski definition) is 2. The predicted octanol–water partition coefficient (Wildman–Crippen LogP) is 4.16. The van der Waals surface area contributed by atoms with Crippen LogP contribution in [0.5, 0.6) is 0 Å². The third-order valence-electron chi connectivity index (χ3n) is 7.58. The fourth-order valence-corrected chi connectivity index (χ4v) is 5.79. The van der Waals surface area contributed by atoms with Gasteiger partial charge in [0.2, 0.25) is 0 Å². The first-order valence-corrected chi connectivity index (χ1v) is 12.9. The van der Waals surface area contributed by atoms with Crippen LogP contribution in [0, 0.1) is 11.6 Å². The van der Waals surface area contributed by atoms with Crippen molar-refractivity contribution in [3.63, 3.8) is 0 Å². The summed E-state index contributed by atoms with van der Waals surface area (Å²) < 4.78 is 69.8.